The van der Waals surface area contributed by atoms with Crippen LogP contribution in [0.3, 0.4) is 0 Å². The van der Waals surface area contributed by atoms with E-state index in [4.69, 9.17) is 0 Å². The summed E-state index contributed by atoms with van der Waals surface area (Å²) in [6, 6.07) is 5.27. The van der Waals surface area contributed by atoms with Crippen LogP contribution in [0.25, 0.3) is 0 Å². The standard InChI is InChI=1S/C11H14F3N3O/c1-17(7-9-4-2-3-5-16-9)10(18)6-15-8-11(12,13)14/h2-5,15H,6-8H2,1H3. The Kier molecular flexibility index (Phi) is 5.08. The van der Waals surface area contributed by atoms with Gasteiger partial charge in [-0.2, -0.15) is 13.2 Å². The zero-order valence-electron chi connectivity index (χ0n) is 9.87. The van der Waals surface area contributed by atoms with Crippen molar-refractivity contribution in [3.05, 3.63) is 30.1 Å². The van der Waals surface area contributed by atoms with Gasteiger partial charge in [-0.15, -0.1) is 0 Å². The van der Waals surface area contributed by atoms with E-state index in [-0.39, 0.29) is 13.1 Å². The summed E-state index contributed by atoms with van der Waals surface area (Å²) in [5.74, 6) is -0.412. The molecule has 18 heavy (non-hydrogen) atoms. The minimum absolute atomic E-state index is 0.271. The first-order valence-corrected chi connectivity index (χ1v) is 5.30. The molecule has 0 aliphatic carbocycles. The van der Waals surface area contributed by atoms with Crippen LogP contribution in [0.4, 0.5) is 13.2 Å². The first kappa shape index (κ1) is 14.4. The third-order valence-corrected chi connectivity index (χ3v) is 2.15. The van der Waals surface area contributed by atoms with Crippen molar-refractivity contribution in [2.24, 2.45) is 0 Å². The van der Waals surface area contributed by atoms with Gasteiger partial charge in [-0.1, -0.05) is 6.07 Å². The summed E-state index contributed by atoms with van der Waals surface area (Å²) >= 11 is 0. The number of carbonyl (C=O) groups is 1. The Morgan fingerprint density at radius 1 is 1.44 bits per heavy atom. The Hall–Kier alpha value is -1.63. The number of alkyl halides is 3. The molecule has 1 amide bonds. The smallest absolute Gasteiger partial charge is 0.339 e. The molecule has 0 unspecified atom stereocenters. The van der Waals surface area contributed by atoms with Crippen molar-refractivity contribution in [3.8, 4) is 0 Å². The Bertz CT molecular complexity index is 381. The van der Waals surface area contributed by atoms with E-state index >= 15 is 0 Å². The van der Waals surface area contributed by atoms with Gasteiger partial charge in [-0.3, -0.25) is 9.78 Å². The van der Waals surface area contributed by atoms with E-state index in [1.165, 1.54) is 11.9 Å². The van der Waals surface area contributed by atoms with E-state index in [2.05, 4.69) is 10.3 Å². The highest BCUT2D eigenvalue weighted by Gasteiger charge is 2.26. The number of amides is 1. The summed E-state index contributed by atoms with van der Waals surface area (Å²) in [5.41, 5.74) is 0.684. The molecule has 0 spiro atoms. The van der Waals surface area contributed by atoms with Gasteiger partial charge >= 0.3 is 6.18 Å². The number of nitrogens with zero attached hydrogens (tertiary/aromatic N) is 2. The molecule has 1 aromatic rings. The molecule has 0 atom stereocenters. The molecule has 0 bridgehead atoms. The molecule has 0 aliphatic heterocycles. The number of aromatic nitrogens is 1. The maximum absolute atomic E-state index is 11.9. The number of carbonyl (C=O) groups excluding carboxylic acids is 1. The summed E-state index contributed by atoms with van der Waals surface area (Å²) in [6.45, 7) is -1.24. The second-order valence-corrected chi connectivity index (χ2v) is 3.79. The highest BCUT2D eigenvalue weighted by molar-refractivity contribution is 5.77. The molecule has 1 rings (SSSR count). The fourth-order valence-electron chi connectivity index (χ4n) is 1.27. The number of rotatable bonds is 5. The van der Waals surface area contributed by atoms with Crippen molar-refractivity contribution < 1.29 is 18.0 Å². The lowest BCUT2D eigenvalue weighted by Gasteiger charge is -2.17. The first-order chi connectivity index (χ1) is 8.38. The zero-order valence-corrected chi connectivity index (χ0v) is 9.87. The summed E-state index contributed by atoms with van der Waals surface area (Å²) < 4.78 is 35.6. The molecule has 100 valence electrons. The van der Waals surface area contributed by atoms with Gasteiger partial charge in [0.1, 0.15) is 0 Å². The van der Waals surface area contributed by atoms with E-state index < -0.39 is 18.6 Å². The van der Waals surface area contributed by atoms with Crippen LogP contribution in [0, 0.1) is 0 Å². The molecule has 1 aromatic heterocycles. The third-order valence-electron chi connectivity index (χ3n) is 2.15. The SMILES string of the molecule is CN(Cc1ccccn1)C(=O)CNCC(F)(F)F. The van der Waals surface area contributed by atoms with Crippen LogP contribution in [-0.2, 0) is 11.3 Å². The highest BCUT2D eigenvalue weighted by Crippen LogP contribution is 2.11. The summed E-state index contributed by atoms with van der Waals surface area (Å²) in [7, 11) is 1.52. The fraction of sp³-hybridized carbons (Fsp3) is 0.455. The average molecular weight is 261 g/mol. The average Bonchev–Trinajstić information content (AvgIpc) is 2.28. The van der Waals surface area contributed by atoms with Crippen LogP contribution in [-0.4, -0.2) is 42.1 Å². The van der Waals surface area contributed by atoms with Crippen molar-refractivity contribution in [2.75, 3.05) is 20.1 Å². The van der Waals surface area contributed by atoms with E-state index in [9.17, 15) is 18.0 Å². The van der Waals surface area contributed by atoms with Crippen LogP contribution in [0.15, 0.2) is 24.4 Å². The number of hydrogen-bond donors (Lipinski definition) is 1. The quantitative estimate of drug-likeness (QED) is 0.866. The topological polar surface area (TPSA) is 45.2 Å². The van der Waals surface area contributed by atoms with Gasteiger partial charge in [0.2, 0.25) is 5.91 Å². The third kappa shape index (κ3) is 5.62. The summed E-state index contributed by atoms with van der Waals surface area (Å²) in [6.07, 6.45) is -2.71. The van der Waals surface area contributed by atoms with E-state index in [0.29, 0.717) is 5.69 Å². The fourth-order valence-corrected chi connectivity index (χ4v) is 1.27. The van der Waals surface area contributed by atoms with Crippen LogP contribution >= 0.6 is 0 Å². The maximum Gasteiger partial charge on any atom is 0.401 e. The van der Waals surface area contributed by atoms with Gasteiger partial charge < -0.3 is 10.2 Å². The minimum Gasteiger partial charge on any atom is -0.339 e. The van der Waals surface area contributed by atoms with Crippen molar-refractivity contribution >= 4 is 5.91 Å². The normalized spacial score (nSPS) is 11.3. The van der Waals surface area contributed by atoms with Crippen LogP contribution in [0.2, 0.25) is 0 Å². The molecule has 7 heteroatoms. The van der Waals surface area contributed by atoms with Crippen molar-refractivity contribution in [2.45, 2.75) is 12.7 Å². The lowest BCUT2D eigenvalue weighted by atomic mass is 10.3. The van der Waals surface area contributed by atoms with Crippen LogP contribution < -0.4 is 5.32 Å². The lowest BCUT2D eigenvalue weighted by Crippen LogP contribution is -2.39. The number of halogens is 3. The zero-order chi connectivity index (χ0) is 13.6. The highest BCUT2D eigenvalue weighted by atomic mass is 19.4. The Morgan fingerprint density at radius 2 is 2.17 bits per heavy atom. The summed E-state index contributed by atoms with van der Waals surface area (Å²) in [5, 5.41) is 2.06. The number of nitrogens with one attached hydrogen (secondary N) is 1. The number of likely N-dealkylation sites (N-methyl/N-ethyl adjacent to an activating group) is 1. The van der Waals surface area contributed by atoms with Gasteiger partial charge in [0.25, 0.3) is 0 Å². The van der Waals surface area contributed by atoms with Gasteiger partial charge in [0.15, 0.2) is 0 Å². The predicted octanol–water partition coefficient (Wildman–Crippen LogP) is 1.19. The number of hydrogen-bond acceptors (Lipinski definition) is 3. The molecule has 0 saturated carbocycles. The molecule has 0 aliphatic rings. The minimum atomic E-state index is -4.31. The molecular formula is C11H14F3N3O. The molecule has 1 heterocycles. The maximum atomic E-state index is 11.9. The van der Waals surface area contributed by atoms with Gasteiger partial charge in [0.05, 0.1) is 25.3 Å². The largest absolute Gasteiger partial charge is 0.401 e. The van der Waals surface area contributed by atoms with Crippen molar-refractivity contribution in [3.63, 3.8) is 0 Å². The molecular weight excluding hydrogens is 247 g/mol. The second kappa shape index (κ2) is 6.34. The predicted molar refractivity (Wildman–Crippen MR) is 59.6 cm³/mol. The van der Waals surface area contributed by atoms with Crippen LogP contribution in [0.5, 0.6) is 0 Å². The Balaban J connectivity index is 2.34. The van der Waals surface area contributed by atoms with Crippen molar-refractivity contribution in [1.29, 1.82) is 0 Å². The van der Waals surface area contributed by atoms with Crippen molar-refractivity contribution in [1.82, 2.24) is 15.2 Å². The molecule has 0 fully saturated rings. The monoisotopic (exact) mass is 261 g/mol. The molecule has 0 radical (unpaired) electrons. The van der Waals surface area contributed by atoms with E-state index in [0.717, 1.165) is 0 Å². The Labute approximate surface area is 103 Å². The lowest BCUT2D eigenvalue weighted by molar-refractivity contribution is -0.133. The van der Waals surface area contributed by atoms with E-state index in [1.807, 2.05) is 0 Å². The molecule has 4 nitrogen and oxygen atoms in total. The van der Waals surface area contributed by atoms with Gasteiger partial charge in [0, 0.05) is 13.2 Å². The molecule has 0 saturated heterocycles. The Morgan fingerprint density at radius 3 is 2.72 bits per heavy atom. The summed E-state index contributed by atoms with van der Waals surface area (Å²) in [4.78, 5) is 16.9. The molecule has 0 aromatic carbocycles. The van der Waals surface area contributed by atoms with Gasteiger partial charge in [-0.05, 0) is 12.1 Å². The van der Waals surface area contributed by atoms with Crippen LogP contribution in [0.1, 0.15) is 5.69 Å². The second-order valence-electron chi connectivity index (χ2n) is 3.79. The van der Waals surface area contributed by atoms with E-state index in [1.54, 1.807) is 24.4 Å². The first-order valence-electron chi connectivity index (χ1n) is 5.30. The number of pyridine rings is 1. The molecule has 1 N–H and O–H groups in total. The van der Waals surface area contributed by atoms with Gasteiger partial charge in [-0.25, -0.2) is 0 Å².